The quantitative estimate of drug-likeness (QED) is 0.862. The zero-order chi connectivity index (χ0) is 11.7. The van der Waals surface area contributed by atoms with Crippen molar-refractivity contribution in [1.29, 1.82) is 0 Å². The number of alkyl halides is 1. The molecular formula is C14H19FN2. The normalized spacial score (nSPS) is 27.5. The first-order valence-electron chi connectivity index (χ1n) is 6.49. The van der Waals surface area contributed by atoms with E-state index in [1.807, 2.05) is 0 Å². The van der Waals surface area contributed by atoms with E-state index < -0.39 is 5.67 Å². The minimum atomic E-state index is -0.975. The van der Waals surface area contributed by atoms with E-state index in [1.54, 1.807) is 0 Å². The van der Waals surface area contributed by atoms with Gasteiger partial charge in [-0.15, -0.1) is 0 Å². The van der Waals surface area contributed by atoms with Gasteiger partial charge in [0.15, 0.2) is 0 Å². The summed E-state index contributed by atoms with van der Waals surface area (Å²) in [5.74, 6) is 0. The molecule has 1 unspecified atom stereocenters. The maximum Gasteiger partial charge on any atom is 0.126 e. The largest absolute Gasteiger partial charge is 0.371 e. The Kier molecular flexibility index (Phi) is 2.79. The molecule has 17 heavy (non-hydrogen) atoms. The van der Waals surface area contributed by atoms with Crippen LogP contribution in [0.4, 0.5) is 10.1 Å². The van der Waals surface area contributed by atoms with Gasteiger partial charge in [-0.1, -0.05) is 18.2 Å². The lowest BCUT2D eigenvalue weighted by molar-refractivity contribution is 0.179. The summed E-state index contributed by atoms with van der Waals surface area (Å²) >= 11 is 0. The molecule has 92 valence electrons. The molecule has 1 aromatic carbocycles. The van der Waals surface area contributed by atoms with E-state index in [9.17, 15) is 4.39 Å². The van der Waals surface area contributed by atoms with Gasteiger partial charge in [-0.3, -0.25) is 0 Å². The molecule has 0 radical (unpaired) electrons. The van der Waals surface area contributed by atoms with Gasteiger partial charge in [0.25, 0.3) is 0 Å². The number of anilines is 1. The Balaban J connectivity index is 1.64. The summed E-state index contributed by atoms with van der Waals surface area (Å²) in [6.45, 7) is 3.24. The summed E-state index contributed by atoms with van der Waals surface area (Å²) in [7, 11) is 0. The van der Waals surface area contributed by atoms with Gasteiger partial charge in [0.1, 0.15) is 5.67 Å². The van der Waals surface area contributed by atoms with Crippen molar-refractivity contribution in [1.82, 2.24) is 5.32 Å². The fourth-order valence-corrected chi connectivity index (χ4v) is 2.90. The predicted octanol–water partition coefficient (Wildman–Crippen LogP) is 2.14. The van der Waals surface area contributed by atoms with E-state index in [4.69, 9.17) is 0 Å². The zero-order valence-corrected chi connectivity index (χ0v) is 10.1. The number of nitrogens with zero attached hydrogens (tertiary/aromatic N) is 1. The molecule has 1 saturated heterocycles. The van der Waals surface area contributed by atoms with Crippen molar-refractivity contribution < 1.29 is 4.39 Å². The molecule has 2 nitrogen and oxygen atoms in total. The van der Waals surface area contributed by atoms with Crippen molar-refractivity contribution in [3.8, 4) is 0 Å². The van der Waals surface area contributed by atoms with Crippen molar-refractivity contribution in [3.05, 3.63) is 29.8 Å². The Labute approximate surface area is 102 Å². The van der Waals surface area contributed by atoms with E-state index in [2.05, 4.69) is 34.5 Å². The molecule has 1 atom stereocenters. The predicted molar refractivity (Wildman–Crippen MR) is 68.3 cm³/mol. The molecule has 2 aliphatic heterocycles. The minimum absolute atomic E-state index is 0.530. The summed E-state index contributed by atoms with van der Waals surface area (Å²) in [6, 6.07) is 8.48. The van der Waals surface area contributed by atoms with Crippen LogP contribution in [0.3, 0.4) is 0 Å². The molecule has 3 rings (SSSR count). The van der Waals surface area contributed by atoms with Gasteiger partial charge in [-0.2, -0.15) is 0 Å². The van der Waals surface area contributed by atoms with Gasteiger partial charge in [0.05, 0.1) is 0 Å². The molecule has 1 aromatic rings. The van der Waals surface area contributed by atoms with Crippen molar-refractivity contribution >= 4 is 5.69 Å². The van der Waals surface area contributed by atoms with Crippen LogP contribution in [0.2, 0.25) is 0 Å². The highest BCUT2D eigenvalue weighted by atomic mass is 19.1. The van der Waals surface area contributed by atoms with Crippen LogP contribution in [0.1, 0.15) is 18.4 Å². The maximum absolute atomic E-state index is 14.3. The molecule has 0 spiro atoms. The van der Waals surface area contributed by atoms with E-state index in [-0.39, 0.29) is 0 Å². The Morgan fingerprint density at radius 3 is 3.06 bits per heavy atom. The van der Waals surface area contributed by atoms with Crippen LogP contribution in [-0.4, -0.2) is 31.8 Å². The molecule has 2 heterocycles. The molecule has 0 saturated carbocycles. The highest BCUT2D eigenvalue weighted by Crippen LogP contribution is 2.30. The van der Waals surface area contributed by atoms with E-state index in [1.165, 1.54) is 11.3 Å². The number of rotatable bonds is 3. The number of para-hydroxylation sites is 1. The van der Waals surface area contributed by atoms with Crippen molar-refractivity contribution in [2.75, 3.05) is 31.1 Å². The summed E-state index contributed by atoms with van der Waals surface area (Å²) in [5.41, 5.74) is 1.74. The second-order valence-electron chi connectivity index (χ2n) is 5.19. The number of fused-ring (bicyclic) bond motifs is 1. The third-order valence-corrected chi connectivity index (χ3v) is 4.00. The molecule has 1 N–H and O–H groups in total. The molecule has 1 fully saturated rings. The lowest BCUT2D eigenvalue weighted by Crippen LogP contribution is -2.32. The fraction of sp³-hybridized carbons (Fsp3) is 0.571. The molecule has 0 aromatic heterocycles. The summed E-state index contributed by atoms with van der Waals surface area (Å²) in [5, 5.41) is 3.11. The molecule has 0 bridgehead atoms. The third kappa shape index (κ3) is 2.16. The average molecular weight is 234 g/mol. The van der Waals surface area contributed by atoms with Crippen LogP contribution in [-0.2, 0) is 6.42 Å². The van der Waals surface area contributed by atoms with Crippen LogP contribution in [0.5, 0.6) is 0 Å². The minimum Gasteiger partial charge on any atom is -0.371 e. The number of halogens is 1. The number of hydrogen-bond donors (Lipinski definition) is 1. The SMILES string of the molecule is FC1(CCN2CCc3ccccc32)CCNC1. The van der Waals surface area contributed by atoms with Crippen LogP contribution in [0, 0.1) is 0 Å². The molecule has 0 aliphatic carbocycles. The van der Waals surface area contributed by atoms with Crippen molar-refractivity contribution in [2.45, 2.75) is 24.9 Å². The first-order chi connectivity index (χ1) is 8.27. The highest BCUT2D eigenvalue weighted by molar-refractivity contribution is 5.57. The molecular weight excluding hydrogens is 215 g/mol. The van der Waals surface area contributed by atoms with Crippen LogP contribution >= 0.6 is 0 Å². The second-order valence-corrected chi connectivity index (χ2v) is 5.19. The first-order valence-corrected chi connectivity index (χ1v) is 6.49. The van der Waals surface area contributed by atoms with Gasteiger partial charge >= 0.3 is 0 Å². The lowest BCUT2D eigenvalue weighted by atomic mass is 10.0. The van der Waals surface area contributed by atoms with Crippen LogP contribution in [0.15, 0.2) is 24.3 Å². The standard InChI is InChI=1S/C14H19FN2/c15-14(6-8-16-11-14)7-10-17-9-5-12-3-1-2-4-13(12)17/h1-4,16H,5-11H2. The first kappa shape index (κ1) is 11.0. The van der Waals surface area contributed by atoms with Crippen LogP contribution in [0.25, 0.3) is 0 Å². The Morgan fingerprint density at radius 1 is 1.35 bits per heavy atom. The van der Waals surface area contributed by atoms with Gasteiger partial charge in [0.2, 0.25) is 0 Å². The van der Waals surface area contributed by atoms with Gasteiger partial charge in [0, 0.05) is 31.7 Å². The summed E-state index contributed by atoms with van der Waals surface area (Å²) < 4.78 is 14.3. The molecule has 3 heteroatoms. The fourth-order valence-electron chi connectivity index (χ4n) is 2.90. The molecule has 0 amide bonds. The van der Waals surface area contributed by atoms with E-state index in [0.717, 1.165) is 26.1 Å². The van der Waals surface area contributed by atoms with Gasteiger partial charge in [-0.25, -0.2) is 4.39 Å². The maximum atomic E-state index is 14.3. The number of benzene rings is 1. The van der Waals surface area contributed by atoms with Gasteiger partial charge in [-0.05, 0) is 31.0 Å². The third-order valence-electron chi connectivity index (χ3n) is 4.00. The van der Waals surface area contributed by atoms with E-state index in [0.29, 0.717) is 19.4 Å². The Bertz CT molecular complexity index is 399. The highest BCUT2D eigenvalue weighted by Gasteiger charge is 2.34. The van der Waals surface area contributed by atoms with E-state index >= 15 is 0 Å². The van der Waals surface area contributed by atoms with Crippen molar-refractivity contribution in [3.63, 3.8) is 0 Å². The Morgan fingerprint density at radius 2 is 2.24 bits per heavy atom. The van der Waals surface area contributed by atoms with Gasteiger partial charge < -0.3 is 10.2 Å². The zero-order valence-electron chi connectivity index (χ0n) is 10.1. The number of hydrogen-bond acceptors (Lipinski definition) is 2. The average Bonchev–Trinajstić information content (AvgIpc) is 2.94. The van der Waals surface area contributed by atoms with Crippen LogP contribution < -0.4 is 10.2 Å². The van der Waals surface area contributed by atoms with Crippen molar-refractivity contribution in [2.24, 2.45) is 0 Å². The second kappa shape index (κ2) is 4.30. The topological polar surface area (TPSA) is 15.3 Å². The smallest absolute Gasteiger partial charge is 0.126 e. The summed E-state index contributed by atoms with van der Waals surface area (Å²) in [4.78, 5) is 2.33. The Hall–Kier alpha value is -1.09. The summed E-state index contributed by atoms with van der Waals surface area (Å²) in [6.07, 6.45) is 2.42. The number of nitrogens with one attached hydrogen (secondary N) is 1. The molecule has 2 aliphatic rings. The monoisotopic (exact) mass is 234 g/mol. The lowest BCUT2D eigenvalue weighted by Gasteiger charge is -2.24.